The fraction of sp³-hybridized carbons (Fsp3) is 0.381. The molecule has 28 heavy (non-hydrogen) atoms. The first kappa shape index (κ1) is 20.1. The van der Waals surface area contributed by atoms with Crippen molar-refractivity contribution in [1.29, 1.82) is 0 Å². The van der Waals surface area contributed by atoms with Crippen molar-refractivity contribution in [1.82, 2.24) is 4.90 Å². The number of carbonyl (C=O) groups is 3. The molecule has 3 rings (SSSR count). The van der Waals surface area contributed by atoms with Crippen LogP contribution in [0.15, 0.2) is 41.8 Å². The minimum Gasteiger partial charge on any atom is -0.452 e. The normalized spacial score (nSPS) is 14.6. The number of rotatable bonds is 5. The van der Waals surface area contributed by atoms with Crippen LogP contribution in [0.25, 0.3) is 0 Å². The van der Waals surface area contributed by atoms with Gasteiger partial charge >= 0.3 is 5.97 Å². The van der Waals surface area contributed by atoms with Gasteiger partial charge in [-0.15, -0.1) is 11.3 Å². The van der Waals surface area contributed by atoms with Crippen LogP contribution in [0, 0.1) is 0 Å². The predicted molar refractivity (Wildman–Crippen MR) is 109 cm³/mol. The van der Waals surface area contributed by atoms with Crippen LogP contribution in [0.4, 0.5) is 5.69 Å². The molecule has 1 aliphatic rings. The fourth-order valence-corrected chi connectivity index (χ4v) is 3.71. The quantitative estimate of drug-likeness (QED) is 0.771. The van der Waals surface area contributed by atoms with Crippen molar-refractivity contribution in [3.63, 3.8) is 0 Å². The summed E-state index contributed by atoms with van der Waals surface area (Å²) in [7, 11) is 0. The Balaban J connectivity index is 1.48. The van der Waals surface area contributed by atoms with Crippen LogP contribution in [0.5, 0.6) is 0 Å². The monoisotopic (exact) mass is 400 g/mol. The maximum Gasteiger partial charge on any atom is 0.338 e. The van der Waals surface area contributed by atoms with E-state index in [1.165, 1.54) is 17.8 Å². The van der Waals surface area contributed by atoms with E-state index in [9.17, 15) is 14.4 Å². The molecule has 2 heterocycles. The molecule has 2 amide bonds. The number of ether oxygens (including phenoxy) is 1. The Morgan fingerprint density at radius 2 is 1.64 bits per heavy atom. The van der Waals surface area contributed by atoms with Crippen LogP contribution in [0.1, 0.15) is 52.1 Å². The number of anilines is 1. The van der Waals surface area contributed by atoms with Gasteiger partial charge in [0.2, 0.25) is 0 Å². The summed E-state index contributed by atoms with van der Waals surface area (Å²) < 4.78 is 5.18. The molecule has 1 saturated heterocycles. The molecule has 0 spiro atoms. The standard InChI is InChI=1S/C21H24N2O4S/c24-19(23-12-4-2-1-3-5-13-23)15-27-21(26)16-8-10-17(11-9-16)22-20(25)18-7-6-14-28-18/h6-11,14H,1-5,12-13,15H2,(H,22,25). The zero-order valence-electron chi connectivity index (χ0n) is 15.7. The van der Waals surface area contributed by atoms with Crippen molar-refractivity contribution >= 4 is 34.8 Å². The lowest BCUT2D eigenvalue weighted by Gasteiger charge is -2.24. The number of hydrogen-bond donors (Lipinski definition) is 1. The molecule has 0 radical (unpaired) electrons. The van der Waals surface area contributed by atoms with E-state index in [0.29, 0.717) is 16.1 Å². The Labute approximate surface area is 168 Å². The molecule has 2 aromatic rings. The molecule has 1 N–H and O–H groups in total. The summed E-state index contributed by atoms with van der Waals surface area (Å²) in [5.41, 5.74) is 0.932. The van der Waals surface area contributed by atoms with E-state index in [0.717, 1.165) is 38.8 Å². The van der Waals surface area contributed by atoms with E-state index in [4.69, 9.17) is 4.74 Å². The Kier molecular flexibility index (Phi) is 7.19. The molecular formula is C21H24N2O4S. The van der Waals surface area contributed by atoms with Crippen molar-refractivity contribution in [3.8, 4) is 0 Å². The van der Waals surface area contributed by atoms with Gasteiger partial charge in [-0.1, -0.05) is 25.3 Å². The molecule has 0 bridgehead atoms. The Morgan fingerprint density at radius 1 is 0.964 bits per heavy atom. The number of nitrogens with zero attached hydrogens (tertiary/aromatic N) is 1. The number of likely N-dealkylation sites (tertiary alicyclic amines) is 1. The summed E-state index contributed by atoms with van der Waals surface area (Å²) in [4.78, 5) is 38.9. The van der Waals surface area contributed by atoms with Gasteiger partial charge in [0.05, 0.1) is 10.4 Å². The minimum absolute atomic E-state index is 0.143. The molecule has 1 aromatic carbocycles. The van der Waals surface area contributed by atoms with Crippen molar-refractivity contribution in [3.05, 3.63) is 52.2 Å². The van der Waals surface area contributed by atoms with Crippen LogP contribution < -0.4 is 5.32 Å². The van der Waals surface area contributed by atoms with E-state index in [1.807, 2.05) is 11.4 Å². The van der Waals surface area contributed by atoms with Crippen molar-refractivity contribution in [2.75, 3.05) is 25.0 Å². The summed E-state index contributed by atoms with van der Waals surface area (Å²) >= 11 is 1.36. The number of nitrogens with one attached hydrogen (secondary N) is 1. The number of esters is 1. The second-order valence-corrected chi connectivity index (χ2v) is 7.68. The Hall–Kier alpha value is -2.67. The van der Waals surface area contributed by atoms with Gasteiger partial charge in [0.1, 0.15) is 0 Å². The fourth-order valence-electron chi connectivity index (χ4n) is 3.09. The zero-order valence-corrected chi connectivity index (χ0v) is 16.5. The first-order valence-electron chi connectivity index (χ1n) is 9.53. The third-order valence-corrected chi connectivity index (χ3v) is 5.53. The van der Waals surface area contributed by atoms with Gasteiger partial charge in [0.25, 0.3) is 11.8 Å². The predicted octanol–water partition coefficient (Wildman–Crippen LogP) is 3.95. The Morgan fingerprint density at radius 3 is 2.29 bits per heavy atom. The molecular weight excluding hydrogens is 376 g/mol. The highest BCUT2D eigenvalue weighted by Gasteiger charge is 2.17. The largest absolute Gasteiger partial charge is 0.452 e. The number of benzene rings is 1. The lowest BCUT2D eigenvalue weighted by molar-refractivity contribution is -0.134. The number of thiophene rings is 1. The van der Waals surface area contributed by atoms with Crippen LogP contribution in [-0.4, -0.2) is 42.4 Å². The molecule has 0 saturated carbocycles. The summed E-state index contributed by atoms with van der Waals surface area (Å²) in [5.74, 6) is -0.879. The van der Waals surface area contributed by atoms with Gasteiger partial charge in [-0.05, 0) is 48.6 Å². The summed E-state index contributed by atoms with van der Waals surface area (Å²) in [6.45, 7) is 1.22. The number of carbonyl (C=O) groups excluding carboxylic acids is 3. The van der Waals surface area contributed by atoms with Gasteiger partial charge in [0, 0.05) is 18.8 Å². The third kappa shape index (κ3) is 5.66. The average Bonchev–Trinajstić information content (AvgIpc) is 3.21. The van der Waals surface area contributed by atoms with Gasteiger partial charge < -0.3 is 15.0 Å². The average molecular weight is 400 g/mol. The molecule has 148 valence electrons. The first-order chi connectivity index (χ1) is 13.6. The third-order valence-electron chi connectivity index (χ3n) is 4.66. The first-order valence-corrected chi connectivity index (χ1v) is 10.4. The van der Waals surface area contributed by atoms with Crippen molar-refractivity contribution in [2.45, 2.75) is 32.1 Å². The van der Waals surface area contributed by atoms with Crippen LogP contribution >= 0.6 is 11.3 Å². The molecule has 0 atom stereocenters. The maximum absolute atomic E-state index is 12.3. The molecule has 1 fully saturated rings. The van der Waals surface area contributed by atoms with E-state index >= 15 is 0 Å². The van der Waals surface area contributed by atoms with Crippen LogP contribution in [0.3, 0.4) is 0 Å². The van der Waals surface area contributed by atoms with Gasteiger partial charge in [-0.25, -0.2) is 4.79 Å². The number of hydrogen-bond acceptors (Lipinski definition) is 5. The Bertz CT molecular complexity index is 794. The van der Waals surface area contributed by atoms with E-state index in [-0.39, 0.29) is 18.4 Å². The molecule has 0 unspecified atom stereocenters. The van der Waals surface area contributed by atoms with Gasteiger partial charge in [0.15, 0.2) is 6.61 Å². The second-order valence-electron chi connectivity index (χ2n) is 6.73. The summed E-state index contributed by atoms with van der Waals surface area (Å²) in [6, 6.07) is 9.99. The van der Waals surface area contributed by atoms with Crippen molar-refractivity contribution in [2.24, 2.45) is 0 Å². The summed E-state index contributed by atoms with van der Waals surface area (Å²) in [5, 5.41) is 4.61. The maximum atomic E-state index is 12.3. The van der Waals surface area contributed by atoms with Crippen LogP contribution in [0.2, 0.25) is 0 Å². The highest BCUT2D eigenvalue weighted by molar-refractivity contribution is 7.12. The second kappa shape index (κ2) is 10.0. The van der Waals surface area contributed by atoms with Crippen molar-refractivity contribution < 1.29 is 19.1 Å². The molecule has 7 heteroatoms. The highest BCUT2D eigenvalue weighted by Crippen LogP contribution is 2.15. The summed E-state index contributed by atoms with van der Waals surface area (Å²) in [6.07, 6.45) is 5.50. The van der Waals surface area contributed by atoms with Gasteiger partial charge in [-0.2, -0.15) is 0 Å². The lowest BCUT2D eigenvalue weighted by atomic mass is 10.1. The van der Waals surface area contributed by atoms with E-state index in [1.54, 1.807) is 35.2 Å². The lowest BCUT2D eigenvalue weighted by Crippen LogP contribution is -2.36. The van der Waals surface area contributed by atoms with Crippen LogP contribution in [-0.2, 0) is 9.53 Å². The molecule has 1 aromatic heterocycles. The van der Waals surface area contributed by atoms with E-state index in [2.05, 4.69) is 5.32 Å². The molecule has 6 nitrogen and oxygen atoms in total. The minimum atomic E-state index is -0.545. The highest BCUT2D eigenvalue weighted by atomic mass is 32.1. The van der Waals surface area contributed by atoms with Gasteiger partial charge in [-0.3, -0.25) is 9.59 Å². The molecule has 1 aliphatic heterocycles. The molecule has 0 aliphatic carbocycles. The SMILES string of the molecule is O=C(OCC(=O)N1CCCCCCC1)c1ccc(NC(=O)c2cccs2)cc1. The topological polar surface area (TPSA) is 75.7 Å². The smallest absolute Gasteiger partial charge is 0.338 e. The van der Waals surface area contributed by atoms with E-state index < -0.39 is 5.97 Å². The zero-order chi connectivity index (χ0) is 19.8. The number of amides is 2.